The van der Waals surface area contributed by atoms with E-state index in [2.05, 4.69) is 0 Å². The van der Waals surface area contributed by atoms with Crippen LogP contribution >= 0.6 is 11.6 Å². The van der Waals surface area contributed by atoms with Crippen molar-refractivity contribution < 1.29 is 14.6 Å². The number of aliphatic hydroxyl groups excluding tert-OH is 2. The van der Waals surface area contributed by atoms with Crippen molar-refractivity contribution in [3.63, 3.8) is 0 Å². The van der Waals surface area contributed by atoms with Gasteiger partial charge in [-0.3, -0.25) is 0 Å². The summed E-state index contributed by atoms with van der Waals surface area (Å²) in [7, 11) is 0. The van der Waals surface area contributed by atoms with Crippen LogP contribution in [0.1, 0.15) is 12.5 Å². The zero-order valence-electron chi connectivity index (χ0n) is 7.74. The first-order chi connectivity index (χ1) is 6.50. The minimum absolute atomic E-state index is 0.147. The number of hydrogen-bond donors (Lipinski definition) is 2. The molecule has 0 saturated carbocycles. The van der Waals surface area contributed by atoms with Crippen LogP contribution in [0.15, 0.2) is 18.2 Å². The number of rotatable bonds is 3. The van der Waals surface area contributed by atoms with Crippen LogP contribution < -0.4 is 0 Å². The van der Waals surface area contributed by atoms with E-state index in [4.69, 9.17) is 16.7 Å². The Morgan fingerprint density at radius 2 is 2.07 bits per heavy atom. The van der Waals surface area contributed by atoms with Crippen molar-refractivity contribution >= 4 is 11.6 Å². The molecule has 78 valence electrons. The van der Waals surface area contributed by atoms with Crippen molar-refractivity contribution in [2.45, 2.75) is 25.6 Å². The van der Waals surface area contributed by atoms with Gasteiger partial charge in [-0.2, -0.15) is 0 Å². The van der Waals surface area contributed by atoms with E-state index in [0.29, 0.717) is 10.6 Å². The van der Waals surface area contributed by atoms with E-state index in [-0.39, 0.29) is 6.42 Å². The van der Waals surface area contributed by atoms with Gasteiger partial charge in [0.1, 0.15) is 5.82 Å². The molecule has 0 radical (unpaired) electrons. The predicted molar refractivity (Wildman–Crippen MR) is 52.8 cm³/mol. The summed E-state index contributed by atoms with van der Waals surface area (Å²) in [5.74, 6) is -0.401. The quantitative estimate of drug-likeness (QED) is 0.812. The molecule has 2 unspecified atom stereocenters. The van der Waals surface area contributed by atoms with E-state index in [1.54, 1.807) is 0 Å². The molecule has 0 aliphatic carbocycles. The number of hydrogen-bond acceptors (Lipinski definition) is 2. The lowest BCUT2D eigenvalue weighted by molar-refractivity contribution is 0.0319. The molecule has 1 rings (SSSR count). The molecular weight excluding hydrogens is 207 g/mol. The van der Waals surface area contributed by atoms with E-state index in [1.165, 1.54) is 25.1 Å². The summed E-state index contributed by atoms with van der Waals surface area (Å²) in [6.45, 7) is 1.47. The highest BCUT2D eigenvalue weighted by molar-refractivity contribution is 6.31. The Kier molecular flexibility index (Phi) is 3.86. The second kappa shape index (κ2) is 4.73. The van der Waals surface area contributed by atoms with Crippen LogP contribution in [0.2, 0.25) is 5.02 Å². The second-order valence-electron chi connectivity index (χ2n) is 3.25. The number of aliphatic hydroxyl groups is 2. The molecule has 14 heavy (non-hydrogen) atoms. The summed E-state index contributed by atoms with van der Waals surface area (Å²) in [6, 6.07) is 3.94. The Labute approximate surface area is 86.9 Å². The third kappa shape index (κ3) is 2.94. The third-order valence-corrected chi connectivity index (χ3v) is 2.36. The smallest absolute Gasteiger partial charge is 0.123 e. The highest BCUT2D eigenvalue weighted by atomic mass is 35.5. The van der Waals surface area contributed by atoms with Crippen molar-refractivity contribution in [2.24, 2.45) is 0 Å². The maximum Gasteiger partial charge on any atom is 0.123 e. The zero-order valence-corrected chi connectivity index (χ0v) is 8.50. The molecule has 4 heteroatoms. The van der Waals surface area contributed by atoms with Crippen LogP contribution in [0.5, 0.6) is 0 Å². The van der Waals surface area contributed by atoms with Crippen molar-refractivity contribution in [1.82, 2.24) is 0 Å². The van der Waals surface area contributed by atoms with Gasteiger partial charge in [-0.25, -0.2) is 4.39 Å². The molecule has 0 heterocycles. The Balaban J connectivity index is 2.80. The van der Waals surface area contributed by atoms with Gasteiger partial charge >= 0.3 is 0 Å². The molecule has 0 fully saturated rings. The second-order valence-corrected chi connectivity index (χ2v) is 3.66. The van der Waals surface area contributed by atoms with Crippen LogP contribution in [0.25, 0.3) is 0 Å². The maximum absolute atomic E-state index is 12.8. The summed E-state index contributed by atoms with van der Waals surface area (Å²) in [5, 5.41) is 18.8. The first-order valence-corrected chi connectivity index (χ1v) is 4.68. The lowest BCUT2D eigenvalue weighted by atomic mass is 10.0. The summed E-state index contributed by atoms with van der Waals surface area (Å²) < 4.78 is 12.8. The molecule has 2 nitrogen and oxygen atoms in total. The fourth-order valence-electron chi connectivity index (χ4n) is 1.10. The van der Waals surface area contributed by atoms with Crippen molar-refractivity contribution in [3.8, 4) is 0 Å². The molecule has 2 atom stereocenters. The summed E-state index contributed by atoms with van der Waals surface area (Å²) in [6.07, 6.45) is -1.63. The summed E-state index contributed by atoms with van der Waals surface area (Å²) >= 11 is 5.79. The standard InChI is InChI=1S/C10H12ClFO2/c1-6(13)10(14)5-7-4-8(12)2-3-9(7)11/h2-4,6,10,13-14H,5H2,1H3. The van der Waals surface area contributed by atoms with E-state index in [1.807, 2.05) is 0 Å². The Morgan fingerprint density at radius 1 is 1.43 bits per heavy atom. The molecule has 0 amide bonds. The average Bonchev–Trinajstić information content (AvgIpc) is 2.11. The van der Waals surface area contributed by atoms with Crippen LogP contribution in [0.3, 0.4) is 0 Å². The zero-order chi connectivity index (χ0) is 10.7. The summed E-state index contributed by atoms with van der Waals surface area (Å²) in [5.41, 5.74) is 0.500. The van der Waals surface area contributed by atoms with Gasteiger partial charge in [-0.1, -0.05) is 11.6 Å². The van der Waals surface area contributed by atoms with Crippen molar-refractivity contribution in [2.75, 3.05) is 0 Å². The SMILES string of the molecule is CC(O)C(O)Cc1cc(F)ccc1Cl. The topological polar surface area (TPSA) is 40.5 Å². The minimum Gasteiger partial charge on any atom is -0.391 e. The third-order valence-electron chi connectivity index (χ3n) is 1.99. The first-order valence-electron chi connectivity index (χ1n) is 4.30. The lowest BCUT2D eigenvalue weighted by Gasteiger charge is -2.14. The Morgan fingerprint density at radius 3 is 2.64 bits per heavy atom. The molecule has 0 aliphatic heterocycles. The summed E-state index contributed by atoms with van der Waals surface area (Å²) in [4.78, 5) is 0. The molecule has 0 saturated heterocycles. The molecule has 2 N–H and O–H groups in total. The fraction of sp³-hybridized carbons (Fsp3) is 0.400. The van der Waals surface area contributed by atoms with Gasteiger partial charge in [0.05, 0.1) is 12.2 Å². The Hall–Kier alpha value is -0.640. The van der Waals surface area contributed by atoms with E-state index in [0.717, 1.165) is 0 Å². The van der Waals surface area contributed by atoms with Gasteiger partial charge in [0.2, 0.25) is 0 Å². The van der Waals surface area contributed by atoms with Gasteiger partial charge in [0, 0.05) is 11.4 Å². The van der Waals surface area contributed by atoms with Crippen molar-refractivity contribution in [3.05, 3.63) is 34.6 Å². The van der Waals surface area contributed by atoms with Crippen LogP contribution in [-0.4, -0.2) is 22.4 Å². The van der Waals surface area contributed by atoms with Crippen LogP contribution in [0.4, 0.5) is 4.39 Å². The van der Waals surface area contributed by atoms with Gasteiger partial charge in [-0.05, 0) is 30.7 Å². The highest BCUT2D eigenvalue weighted by Gasteiger charge is 2.13. The highest BCUT2D eigenvalue weighted by Crippen LogP contribution is 2.19. The molecule has 0 bridgehead atoms. The van der Waals surface area contributed by atoms with Gasteiger partial charge in [0.15, 0.2) is 0 Å². The number of halogens is 2. The predicted octanol–water partition coefficient (Wildman–Crippen LogP) is 1.76. The van der Waals surface area contributed by atoms with Gasteiger partial charge in [0.25, 0.3) is 0 Å². The van der Waals surface area contributed by atoms with Crippen molar-refractivity contribution in [1.29, 1.82) is 0 Å². The molecule has 1 aromatic rings. The number of benzene rings is 1. The Bertz CT molecular complexity index is 315. The van der Waals surface area contributed by atoms with E-state index >= 15 is 0 Å². The van der Waals surface area contributed by atoms with Crippen LogP contribution in [-0.2, 0) is 6.42 Å². The first kappa shape index (κ1) is 11.4. The van der Waals surface area contributed by atoms with E-state index in [9.17, 15) is 9.50 Å². The molecule has 1 aromatic carbocycles. The van der Waals surface area contributed by atoms with Gasteiger partial charge in [-0.15, -0.1) is 0 Å². The van der Waals surface area contributed by atoms with Crippen LogP contribution in [0, 0.1) is 5.82 Å². The largest absolute Gasteiger partial charge is 0.391 e. The fourth-order valence-corrected chi connectivity index (χ4v) is 1.29. The molecule has 0 spiro atoms. The minimum atomic E-state index is -0.922. The molecule has 0 aliphatic rings. The van der Waals surface area contributed by atoms with Gasteiger partial charge < -0.3 is 10.2 Å². The maximum atomic E-state index is 12.8. The monoisotopic (exact) mass is 218 g/mol. The molecular formula is C10H12ClFO2. The lowest BCUT2D eigenvalue weighted by Crippen LogP contribution is -2.24. The normalized spacial score (nSPS) is 15.2. The van der Waals surface area contributed by atoms with E-state index < -0.39 is 18.0 Å². The molecule has 0 aromatic heterocycles. The average molecular weight is 219 g/mol.